The van der Waals surface area contributed by atoms with Crippen LogP contribution in [0, 0.1) is 0 Å². The number of thioether (sulfide) groups is 1. The predicted molar refractivity (Wildman–Crippen MR) is 89.4 cm³/mol. The van der Waals surface area contributed by atoms with Gasteiger partial charge in [-0.05, 0) is 19.1 Å². The molecule has 1 atom stereocenters. The van der Waals surface area contributed by atoms with E-state index in [4.69, 9.17) is 10.5 Å². The summed E-state index contributed by atoms with van der Waals surface area (Å²) in [5, 5.41) is 12.0. The third-order valence-corrected chi connectivity index (χ3v) is 4.43. The van der Waals surface area contributed by atoms with Gasteiger partial charge in [0.25, 0.3) is 0 Å². The molecule has 3 N–H and O–H groups in total. The number of nitrogens with zero attached hydrogens (tertiary/aromatic N) is 3. The monoisotopic (exact) mass is 415 g/mol. The molecule has 1 unspecified atom stereocenters. The van der Waals surface area contributed by atoms with Crippen molar-refractivity contribution in [2.45, 2.75) is 29.8 Å². The number of aromatic nitrogens is 2. The number of rotatable bonds is 5. The number of hydrogen-bond donors (Lipinski definition) is 2. The van der Waals surface area contributed by atoms with Crippen molar-refractivity contribution in [1.82, 2.24) is 15.5 Å². The molecule has 0 amide bonds. The summed E-state index contributed by atoms with van der Waals surface area (Å²) in [7, 11) is 0. The number of nitrogens with two attached hydrogens (primary N) is 1. The lowest BCUT2D eigenvalue weighted by molar-refractivity contribution is 0.114. The lowest BCUT2D eigenvalue weighted by atomic mass is 10.2. The van der Waals surface area contributed by atoms with Gasteiger partial charge in [-0.2, -0.15) is 0 Å². The lowest BCUT2D eigenvalue weighted by Crippen LogP contribution is -2.37. The van der Waals surface area contributed by atoms with Gasteiger partial charge in [-0.25, -0.2) is 4.99 Å². The average molecular weight is 415 g/mol. The first-order chi connectivity index (χ1) is 8.78. The average Bonchev–Trinajstić information content (AvgIpc) is 3.04. The maximum atomic E-state index is 5.77. The maximum Gasteiger partial charge on any atom is 0.189 e. The first kappa shape index (κ1) is 16.9. The highest BCUT2D eigenvalue weighted by Crippen LogP contribution is 2.19. The van der Waals surface area contributed by atoms with Crippen LogP contribution >= 0.6 is 47.1 Å². The quantitative estimate of drug-likeness (QED) is 0.328. The van der Waals surface area contributed by atoms with Crippen LogP contribution in [0.15, 0.2) is 9.33 Å². The van der Waals surface area contributed by atoms with Crippen LogP contribution in [0.4, 0.5) is 0 Å². The molecule has 1 fully saturated rings. The molecule has 108 valence electrons. The van der Waals surface area contributed by atoms with E-state index in [0.29, 0.717) is 12.5 Å². The van der Waals surface area contributed by atoms with Crippen LogP contribution in [0.1, 0.15) is 17.8 Å². The van der Waals surface area contributed by atoms with Crippen LogP contribution in [0.25, 0.3) is 0 Å². The van der Waals surface area contributed by atoms with Gasteiger partial charge < -0.3 is 15.8 Å². The van der Waals surface area contributed by atoms with E-state index in [1.54, 1.807) is 23.1 Å². The standard InChI is InChI=1S/C10H17N5OS2.HI/c1-17-10-15-14-8(18-10)6-13-9(11)12-5-7-3-2-4-16-7;/h7H,2-6H2,1H3,(H3,11,12,13);1H. The summed E-state index contributed by atoms with van der Waals surface area (Å²) in [5.74, 6) is 0.436. The Morgan fingerprint density at radius 1 is 1.63 bits per heavy atom. The molecule has 19 heavy (non-hydrogen) atoms. The molecule has 0 radical (unpaired) electrons. The van der Waals surface area contributed by atoms with Crippen molar-refractivity contribution in [2.75, 3.05) is 19.4 Å². The molecule has 1 aromatic heterocycles. The third-order valence-electron chi connectivity index (χ3n) is 2.54. The van der Waals surface area contributed by atoms with Crippen molar-refractivity contribution in [3.8, 4) is 0 Å². The summed E-state index contributed by atoms with van der Waals surface area (Å²) in [4.78, 5) is 4.23. The second-order valence-electron chi connectivity index (χ2n) is 3.88. The van der Waals surface area contributed by atoms with E-state index in [1.165, 1.54) is 0 Å². The van der Waals surface area contributed by atoms with E-state index in [-0.39, 0.29) is 30.1 Å². The Labute approximate surface area is 138 Å². The SMILES string of the molecule is CSc1nnc(CN=C(N)NCC2CCCO2)s1.I. The molecular formula is C10H18IN5OS2. The highest BCUT2D eigenvalue weighted by Gasteiger charge is 2.14. The minimum absolute atomic E-state index is 0. The Bertz CT molecular complexity index is 408. The van der Waals surface area contributed by atoms with Crippen LogP contribution in [0.3, 0.4) is 0 Å². The summed E-state index contributed by atoms with van der Waals surface area (Å²) in [6.07, 6.45) is 4.47. The van der Waals surface area contributed by atoms with Crippen molar-refractivity contribution in [3.05, 3.63) is 5.01 Å². The van der Waals surface area contributed by atoms with Gasteiger partial charge in [0.05, 0.1) is 12.6 Å². The van der Waals surface area contributed by atoms with E-state index < -0.39 is 0 Å². The number of aliphatic imine (C=N–C) groups is 1. The van der Waals surface area contributed by atoms with E-state index in [0.717, 1.165) is 35.3 Å². The zero-order chi connectivity index (χ0) is 12.8. The van der Waals surface area contributed by atoms with Gasteiger partial charge in [0.15, 0.2) is 10.3 Å². The molecular weight excluding hydrogens is 397 g/mol. The number of nitrogens with one attached hydrogen (secondary N) is 1. The number of guanidine groups is 1. The number of ether oxygens (including phenoxy) is 1. The highest BCUT2D eigenvalue weighted by atomic mass is 127. The van der Waals surface area contributed by atoms with Gasteiger partial charge in [0.2, 0.25) is 0 Å². The van der Waals surface area contributed by atoms with Gasteiger partial charge in [0.1, 0.15) is 5.01 Å². The van der Waals surface area contributed by atoms with E-state index in [1.807, 2.05) is 6.26 Å². The topological polar surface area (TPSA) is 85.4 Å². The maximum absolute atomic E-state index is 5.77. The summed E-state index contributed by atoms with van der Waals surface area (Å²) < 4.78 is 6.44. The summed E-state index contributed by atoms with van der Waals surface area (Å²) in [5.41, 5.74) is 5.77. The first-order valence-corrected chi connectivity index (χ1v) is 7.84. The van der Waals surface area contributed by atoms with E-state index >= 15 is 0 Å². The number of halogens is 1. The zero-order valence-corrected chi connectivity index (χ0v) is 14.6. The Morgan fingerprint density at radius 2 is 2.47 bits per heavy atom. The molecule has 1 aliphatic rings. The summed E-state index contributed by atoms with van der Waals surface area (Å²) in [6.45, 7) is 2.05. The van der Waals surface area contributed by atoms with Gasteiger partial charge in [-0.1, -0.05) is 23.1 Å². The van der Waals surface area contributed by atoms with Crippen LogP contribution in [-0.4, -0.2) is 41.7 Å². The van der Waals surface area contributed by atoms with E-state index in [9.17, 15) is 0 Å². The highest BCUT2D eigenvalue weighted by molar-refractivity contribution is 14.0. The molecule has 9 heteroatoms. The third kappa shape index (κ3) is 5.79. The molecule has 0 spiro atoms. The van der Waals surface area contributed by atoms with Gasteiger partial charge >= 0.3 is 0 Å². The fourth-order valence-electron chi connectivity index (χ4n) is 1.62. The van der Waals surface area contributed by atoms with Crippen LogP contribution in [0.5, 0.6) is 0 Å². The predicted octanol–water partition coefficient (Wildman–Crippen LogP) is 1.46. The molecule has 0 bridgehead atoms. The summed E-state index contributed by atoms with van der Waals surface area (Å²) >= 11 is 3.13. The fourth-order valence-corrected chi connectivity index (χ4v) is 2.86. The first-order valence-electron chi connectivity index (χ1n) is 5.79. The molecule has 1 saturated heterocycles. The minimum atomic E-state index is 0. The second-order valence-corrected chi connectivity index (χ2v) is 6.00. The summed E-state index contributed by atoms with van der Waals surface area (Å²) in [6, 6.07) is 0. The van der Waals surface area contributed by atoms with E-state index in [2.05, 4.69) is 20.5 Å². The molecule has 1 aromatic rings. The number of hydrogen-bond acceptors (Lipinski definition) is 6. The molecule has 0 aliphatic carbocycles. The lowest BCUT2D eigenvalue weighted by Gasteiger charge is -2.10. The van der Waals surface area contributed by atoms with Crippen molar-refractivity contribution >= 4 is 53.0 Å². The van der Waals surface area contributed by atoms with Gasteiger partial charge in [-0.15, -0.1) is 34.2 Å². The Morgan fingerprint density at radius 3 is 3.11 bits per heavy atom. The van der Waals surface area contributed by atoms with Crippen LogP contribution in [0.2, 0.25) is 0 Å². The van der Waals surface area contributed by atoms with Gasteiger partial charge in [0, 0.05) is 13.2 Å². The Kier molecular flexibility index (Phi) is 7.95. The normalized spacial score (nSPS) is 19.2. The van der Waals surface area contributed by atoms with Crippen molar-refractivity contribution in [3.63, 3.8) is 0 Å². The van der Waals surface area contributed by atoms with Crippen molar-refractivity contribution in [2.24, 2.45) is 10.7 Å². The molecule has 1 aliphatic heterocycles. The Balaban J connectivity index is 0.00000180. The van der Waals surface area contributed by atoms with Crippen LogP contribution < -0.4 is 11.1 Å². The molecule has 0 aromatic carbocycles. The van der Waals surface area contributed by atoms with Crippen molar-refractivity contribution < 1.29 is 4.74 Å². The smallest absolute Gasteiger partial charge is 0.189 e. The second kappa shape index (κ2) is 8.93. The zero-order valence-electron chi connectivity index (χ0n) is 10.7. The fraction of sp³-hybridized carbons (Fsp3) is 0.700. The minimum Gasteiger partial charge on any atom is -0.376 e. The Hall–Kier alpha value is -0.130. The van der Waals surface area contributed by atoms with Crippen molar-refractivity contribution in [1.29, 1.82) is 0 Å². The van der Waals surface area contributed by atoms with Gasteiger partial charge in [-0.3, -0.25) is 0 Å². The molecule has 0 saturated carbocycles. The van der Waals surface area contributed by atoms with Crippen LogP contribution in [-0.2, 0) is 11.3 Å². The molecule has 6 nitrogen and oxygen atoms in total. The largest absolute Gasteiger partial charge is 0.376 e. The molecule has 2 heterocycles. The molecule has 2 rings (SSSR count).